The number of aliphatic hydroxyl groups is 1. The lowest BCUT2D eigenvalue weighted by molar-refractivity contribution is -0.0643. The third-order valence-corrected chi connectivity index (χ3v) is 5.60. The van der Waals surface area contributed by atoms with Crippen LogP contribution in [0.2, 0.25) is 0 Å². The number of hydrogen-bond acceptors (Lipinski definition) is 4. The van der Waals surface area contributed by atoms with Gasteiger partial charge in [0.15, 0.2) is 0 Å². The third kappa shape index (κ3) is 3.79. The van der Waals surface area contributed by atoms with Crippen molar-refractivity contribution < 1.29 is 9.84 Å². The molecule has 2 aliphatic heterocycles. The first kappa shape index (κ1) is 17.2. The normalized spacial score (nSPS) is 33.6. The van der Waals surface area contributed by atoms with E-state index in [2.05, 4.69) is 30.6 Å². The molecule has 0 aliphatic carbocycles. The smallest absolute Gasteiger partial charge is 0.0667 e. The van der Waals surface area contributed by atoms with Crippen molar-refractivity contribution in [1.82, 2.24) is 9.80 Å². The van der Waals surface area contributed by atoms with Crippen molar-refractivity contribution in [3.05, 3.63) is 0 Å². The van der Waals surface area contributed by atoms with Crippen LogP contribution >= 0.6 is 0 Å². The second-order valence-electron chi connectivity index (χ2n) is 7.33. The third-order valence-electron chi connectivity index (χ3n) is 5.60. The summed E-state index contributed by atoms with van der Waals surface area (Å²) in [4.78, 5) is 5.04. The fourth-order valence-corrected chi connectivity index (χ4v) is 4.05. The summed E-state index contributed by atoms with van der Waals surface area (Å²) >= 11 is 0. The Morgan fingerprint density at radius 3 is 2.38 bits per heavy atom. The maximum Gasteiger partial charge on any atom is 0.0667 e. The maximum atomic E-state index is 9.77. The highest BCUT2D eigenvalue weighted by atomic mass is 16.5. The predicted octanol–water partition coefficient (Wildman–Crippen LogP) is 1.97. The van der Waals surface area contributed by atoms with Gasteiger partial charge in [0.1, 0.15) is 0 Å². The van der Waals surface area contributed by atoms with Gasteiger partial charge < -0.3 is 9.84 Å². The lowest BCUT2D eigenvalue weighted by Crippen LogP contribution is -2.61. The standard InChI is InChI=1S/C17H34N2O2/c1-12(2)19-10-15(17(19)11-21-5)7-6-13(3)18-9-8-16(18)14(4)20/h12-17,20H,6-11H2,1-5H3. The minimum Gasteiger partial charge on any atom is -0.392 e. The highest BCUT2D eigenvalue weighted by Gasteiger charge is 2.41. The van der Waals surface area contributed by atoms with Gasteiger partial charge in [0.2, 0.25) is 0 Å². The summed E-state index contributed by atoms with van der Waals surface area (Å²) in [5.41, 5.74) is 0. The zero-order valence-corrected chi connectivity index (χ0v) is 14.5. The van der Waals surface area contributed by atoms with Gasteiger partial charge in [-0.15, -0.1) is 0 Å². The number of methoxy groups -OCH3 is 1. The maximum absolute atomic E-state index is 9.77. The van der Waals surface area contributed by atoms with Gasteiger partial charge in [0, 0.05) is 44.4 Å². The highest BCUT2D eigenvalue weighted by molar-refractivity contribution is 4.95. The van der Waals surface area contributed by atoms with Gasteiger partial charge in [0.25, 0.3) is 0 Å². The van der Waals surface area contributed by atoms with Crippen molar-refractivity contribution in [1.29, 1.82) is 0 Å². The van der Waals surface area contributed by atoms with E-state index in [0.717, 1.165) is 25.5 Å². The number of ether oxygens (including phenoxy) is 1. The van der Waals surface area contributed by atoms with E-state index < -0.39 is 0 Å². The van der Waals surface area contributed by atoms with Crippen molar-refractivity contribution in [2.24, 2.45) is 5.92 Å². The van der Waals surface area contributed by atoms with Gasteiger partial charge in [-0.05, 0) is 52.9 Å². The molecule has 0 amide bonds. The summed E-state index contributed by atoms with van der Waals surface area (Å²) in [6.45, 7) is 12.0. The Balaban J connectivity index is 1.75. The van der Waals surface area contributed by atoms with E-state index in [-0.39, 0.29) is 6.10 Å². The SMILES string of the molecule is COCC1C(CCC(C)N2CCC2C(C)O)CN1C(C)C. The number of likely N-dealkylation sites (tertiary alicyclic amines) is 2. The van der Waals surface area contributed by atoms with Crippen LogP contribution in [0.1, 0.15) is 47.0 Å². The Bertz CT molecular complexity index is 322. The molecular formula is C17H34N2O2. The Morgan fingerprint density at radius 1 is 1.19 bits per heavy atom. The molecule has 0 aromatic carbocycles. The number of aliphatic hydroxyl groups excluding tert-OH is 1. The summed E-state index contributed by atoms with van der Waals surface area (Å²) < 4.78 is 5.41. The summed E-state index contributed by atoms with van der Waals surface area (Å²) in [6, 6.07) is 2.21. The zero-order valence-electron chi connectivity index (χ0n) is 14.5. The summed E-state index contributed by atoms with van der Waals surface area (Å²) in [5, 5.41) is 9.77. The van der Waals surface area contributed by atoms with Crippen LogP contribution in [0.15, 0.2) is 0 Å². The van der Waals surface area contributed by atoms with E-state index in [0.29, 0.717) is 24.2 Å². The van der Waals surface area contributed by atoms with Crippen molar-refractivity contribution in [3.63, 3.8) is 0 Å². The molecule has 2 heterocycles. The van der Waals surface area contributed by atoms with Crippen molar-refractivity contribution in [3.8, 4) is 0 Å². The molecule has 21 heavy (non-hydrogen) atoms. The number of hydrogen-bond donors (Lipinski definition) is 1. The van der Waals surface area contributed by atoms with Crippen LogP contribution in [0.25, 0.3) is 0 Å². The van der Waals surface area contributed by atoms with Gasteiger partial charge in [0.05, 0.1) is 12.7 Å². The first-order chi connectivity index (χ1) is 9.95. The molecule has 0 radical (unpaired) electrons. The lowest BCUT2D eigenvalue weighted by atomic mass is 9.82. The van der Waals surface area contributed by atoms with Crippen LogP contribution < -0.4 is 0 Å². The fourth-order valence-electron chi connectivity index (χ4n) is 4.05. The van der Waals surface area contributed by atoms with E-state index in [1.165, 1.54) is 19.4 Å². The summed E-state index contributed by atoms with van der Waals surface area (Å²) in [5.74, 6) is 0.779. The summed E-state index contributed by atoms with van der Waals surface area (Å²) in [6.07, 6.45) is 3.47. The van der Waals surface area contributed by atoms with Crippen LogP contribution in [0.3, 0.4) is 0 Å². The Labute approximate surface area is 130 Å². The topological polar surface area (TPSA) is 35.9 Å². The predicted molar refractivity (Wildman–Crippen MR) is 86.5 cm³/mol. The first-order valence-corrected chi connectivity index (χ1v) is 8.64. The van der Waals surface area contributed by atoms with Gasteiger partial charge >= 0.3 is 0 Å². The van der Waals surface area contributed by atoms with Crippen molar-refractivity contribution in [2.45, 2.75) is 77.2 Å². The summed E-state index contributed by atoms with van der Waals surface area (Å²) in [7, 11) is 1.81. The molecule has 0 aromatic rings. The van der Waals surface area contributed by atoms with Crippen LogP contribution in [0.5, 0.6) is 0 Å². The molecule has 1 N–H and O–H groups in total. The lowest BCUT2D eigenvalue weighted by Gasteiger charge is -2.51. The van der Waals surface area contributed by atoms with E-state index in [1.54, 1.807) is 0 Å². The molecule has 2 rings (SSSR count). The highest BCUT2D eigenvalue weighted by Crippen LogP contribution is 2.33. The largest absolute Gasteiger partial charge is 0.392 e. The zero-order chi connectivity index (χ0) is 15.6. The molecule has 0 spiro atoms. The molecule has 0 saturated carbocycles. The van der Waals surface area contributed by atoms with Gasteiger partial charge in [-0.2, -0.15) is 0 Å². The molecule has 124 valence electrons. The first-order valence-electron chi connectivity index (χ1n) is 8.64. The minimum absolute atomic E-state index is 0.192. The molecule has 2 saturated heterocycles. The van der Waals surface area contributed by atoms with Crippen molar-refractivity contribution >= 4 is 0 Å². The average molecular weight is 298 g/mol. The van der Waals surface area contributed by atoms with Crippen LogP contribution in [0.4, 0.5) is 0 Å². The Kier molecular flexibility index (Phi) is 6.06. The molecule has 5 atom stereocenters. The van der Waals surface area contributed by atoms with Crippen molar-refractivity contribution in [2.75, 3.05) is 26.8 Å². The fraction of sp³-hybridized carbons (Fsp3) is 1.00. The molecule has 5 unspecified atom stereocenters. The van der Waals surface area contributed by atoms with E-state index in [9.17, 15) is 5.11 Å². The monoisotopic (exact) mass is 298 g/mol. The number of rotatable bonds is 8. The van der Waals surface area contributed by atoms with E-state index >= 15 is 0 Å². The van der Waals surface area contributed by atoms with Gasteiger partial charge in [-0.25, -0.2) is 0 Å². The Morgan fingerprint density at radius 2 is 1.90 bits per heavy atom. The van der Waals surface area contributed by atoms with Gasteiger partial charge in [-0.3, -0.25) is 9.80 Å². The number of nitrogens with zero attached hydrogens (tertiary/aromatic N) is 2. The van der Waals surface area contributed by atoms with Crippen LogP contribution in [-0.2, 0) is 4.74 Å². The molecule has 2 aliphatic rings. The quantitative estimate of drug-likeness (QED) is 0.743. The van der Waals surface area contributed by atoms with Gasteiger partial charge in [-0.1, -0.05) is 0 Å². The molecule has 4 nitrogen and oxygen atoms in total. The van der Waals surface area contributed by atoms with Crippen LogP contribution in [0, 0.1) is 5.92 Å². The molecule has 0 aromatic heterocycles. The molecule has 0 bridgehead atoms. The molecular weight excluding hydrogens is 264 g/mol. The second-order valence-corrected chi connectivity index (χ2v) is 7.33. The van der Waals surface area contributed by atoms with E-state index in [4.69, 9.17) is 4.74 Å². The average Bonchev–Trinajstić information content (AvgIpc) is 2.31. The molecule has 2 fully saturated rings. The molecule has 4 heteroatoms. The second kappa shape index (κ2) is 7.40. The Hall–Kier alpha value is -0.160. The van der Waals surface area contributed by atoms with E-state index in [1.807, 2.05) is 14.0 Å². The van der Waals surface area contributed by atoms with Crippen LogP contribution in [-0.4, -0.2) is 72.0 Å². The minimum atomic E-state index is -0.192.